The lowest BCUT2D eigenvalue weighted by atomic mass is 10.2. The van der Waals surface area contributed by atoms with E-state index in [0.717, 1.165) is 68.8 Å². The van der Waals surface area contributed by atoms with Crippen LogP contribution in [0.15, 0.2) is 24.5 Å². The van der Waals surface area contributed by atoms with E-state index in [-0.39, 0.29) is 0 Å². The van der Waals surface area contributed by atoms with Crippen molar-refractivity contribution in [3.05, 3.63) is 35.8 Å². The van der Waals surface area contributed by atoms with Crippen molar-refractivity contribution in [2.75, 3.05) is 44.8 Å². The molecule has 1 N–H and O–H groups in total. The summed E-state index contributed by atoms with van der Waals surface area (Å²) in [6, 6.07) is 4.39. The van der Waals surface area contributed by atoms with Gasteiger partial charge in [-0.25, -0.2) is 9.97 Å². The van der Waals surface area contributed by atoms with E-state index in [1.54, 1.807) is 6.20 Å². The molecule has 4 heterocycles. The van der Waals surface area contributed by atoms with E-state index in [2.05, 4.69) is 34.1 Å². The number of ether oxygens (including phenoxy) is 1. The average molecular weight is 354 g/mol. The standard InChI is InChI=1S/C19H26N6O/c1-14(25-6-8-26-9-7-25)13-24(2)19-16-11-21-12-17(16)22-18(23-19)15-4-3-5-20-10-15/h3-5,10,14,21H,6-9,11-13H2,1-2H3. The number of hydrogen-bond donors (Lipinski definition) is 1. The fourth-order valence-electron chi connectivity index (χ4n) is 3.71. The maximum atomic E-state index is 5.47. The van der Waals surface area contributed by atoms with Crippen molar-refractivity contribution < 1.29 is 4.74 Å². The van der Waals surface area contributed by atoms with Gasteiger partial charge in [0.1, 0.15) is 5.82 Å². The van der Waals surface area contributed by atoms with Crippen LogP contribution in [-0.4, -0.2) is 65.8 Å². The van der Waals surface area contributed by atoms with E-state index < -0.39 is 0 Å². The molecule has 0 aliphatic carbocycles. The molecule has 0 amide bonds. The minimum absolute atomic E-state index is 0.450. The summed E-state index contributed by atoms with van der Waals surface area (Å²) in [6.07, 6.45) is 3.60. The number of fused-ring (bicyclic) bond motifs is 1. The Morgan fingerprint density at radius 2 is 2.12 bits per heavy atom. The summed E-state index contributed by atoms with van der Waals surface area (Å²) in [5, 5.41) is 3.41. The Morgan fingerprint density at radius 1 is 1.27 bits per heavy atom. The zero-order valence-electron chi connectivity index (χ0n) is 15.5. The third-order valence-corrected chi connectivity index (χ3v) is 5.15. The number of nitrogens with one attached hydrogen (secondary N) is 1. The maximum absolute atomic E-state index is 5.47. The summed E-state index contributed by atoms with van der Waals surface area (Å²) >= 11 is 0. The number of aromatic nitrogens is 3. The first-order chi connectivity index (χ1) is 12.7. The molecule has 26 heavy (non-hydrogen) atoms. The third kappa shape index (κ3) is 3.56. The van der Waals surface area contributed by atoms with Gasteiger partial charge in [-0.3, -0.25) is 9.88 Å². The summed E-state index contributed by atoms with van der Waals surface area (Å²) in [4.78, 5) is 18.6. The van der Waals surface area contributed by atoms with Gasteiger partial charge < -0.3 is 15.0 Å². The van der Waals surface area contributed by atoms with Crippen molar-refractivity contribution in [3.63, 3.8) is 0 Å². The Hall–Kier alpha value is -2.09. The molecule has 1 atom stereocenters. The number of anilines is 1. The van der Waals surface area contributed by atoms with Gasteiger partial charge in [0.2, 0.25) is 0 Å². The van der Waals surface area contributed by atoms with Gasteiger partial charge in [-0.05, 0) is 19.1 Å². The van der Waals surface area contributed by atoms with Crippen LogP contribution in [0.4, 0.5) is 5.82 Å². The predicted octanol–water partition coefficient (Wildman–Crippen LogP) is 1.30. The van der Waals surface area contributed by atoms with Gasteiger partial charge in [-0.1, -0.05) is 0 Å². The van der Waals surface area contributed by atoms with Crippen LogP contribution < -0.4 is 10.2 Å². The molecule has 138 valence electrons. The second-order valence-corrected chi connectivity index (χ2v) is 7.02. The normalized spacial score (nSPS) is 18.5. The Bertz CT molecular complexity index is 747. The molecule has 0 saturated carbocycles. The first-order valence-electron chi connectivity index (χ1n) is 9.26. The van der Waals surface area contributed by atoms with E-state index in [0.29, 0.717) is 6.04 Å². The molecule has 2 aliphatic rings. The highest BCUT2D eigenvalue weighted by molar-refractivity contribution is 5.60. The van der Waals surface area contributed by atoms with Gasteiger partial charge in [0.05, 0.1) is 18.9 Å². The molecule has 0 radical (unpaired) electrons. The molecule has 1 fully saturated rings. The number of morpholine rings is 1. The summed E-state index contributed by atoms with van der Waals surface area (Å²) in [5.41, 5.74) is 3.27. The van der Waals surface area contributed by atoms with Crippen LogP contribution in [0.1, 0.15) is 18.2 Å². The lowest BCUT2D eigenvalue weighted by Gasteiger charge is -2.35. The Morgan fingerprint density at radius 3 is 2.88 bits per heavy atom. The molecular formula is C19H26N6O. The van der Waals surface area contributed by atoms with Gasteiger partial charge in [0.15, 0.2) is 5.82 Å². The average Bonchev–Trinajstić information content (AvgIpc) is 3.17. The van der Waals surface area contributed by atoms with Gasteiger partial charge in [0.25, 0.3) is 0 Å². The minimum Gasteiger partial charge on any atom is -0.379 e. The van der Waals surface area contributed by atoms with Crippen LogP contribution in [0.3, 0.4) is 0 Å². The topological polar surface area (TPSA) is 66.4 Å². The molecule has 2 aromatic rings. The fourth-order valence-corrected chi connectivity index (χ4v) is 3.71. The second-order valence-electron chi connectivity index (χ2n) is 7.02. The largest absolute Gasteiger partial charge is 0.379 e. The summed E-state index contributed by atoms with van der Waals surface area (Å²) in [7, 11) is 2.13. The fraction of sp³-hybridized carbons (Fsp3) is 0.526. The Kier molecular flexibility index (Phi) is 5.10. The lowest BCUT2D eigenvalue weighted by Crippen LogP contribution is -2.47. The number of hydrogen-bond acceptors (Lipinski definition) is 7. The van der Waals surface area contributed by atoms with E-state index in [9.17, 15) is 0 Å². The van der Waals surface area contributed by atoms with Gasteiger partial charge in [-0.2, -0.15) is 0 Å². The Labute approximate surface area is 154 Å². The highest BCUT2D eigenvalue weighted by Crippen LogP contribution is 2.27. The van der Waals surface area contributed by atoms with E-state index in [4.69, 9.17) is 14.7 Å². The number of nitrogens with zero attached hydrogens (tertiary/aromatic N) is 5. The molecule has 0 aromatic carbocycles. The third-order valence-electron chi connectivity index (χ3n) is 5.15. The van der Waals surface area contributed by atoms with Gasteiger partial charge >= 0.3 is 0 Å². The zero-order chi connectivity index (χ0) is 17.9. The van der Waals surface area contributed by atoms with Crippen LogP contribution in [0, 0.1) is 0 Å². The molecule has 4 rings (SSSR count). The Balaban J connectivity index is 1.59. The van der Waals surface area contributed by atoms with Crippen LogP contribution in [0.25, 0.3) is 11.4 Å². The maximum Gasteiger partial charge on any atom is 0.163 e. The van der Waals surface area contributed by atoms with Crippen molar-refractivity contribution in [1.82, 2.24) is 25.2 Å². The van der Waals surface area contributed by atoms with Crippen LogP contribution in [0.5, 0.6) is 0 Å². The first kappa shape index (κ1) is 17.3. The molecule has 2 aromatic heterocycles. The molecule has 1 unspecified atom stereocenters. The van der Waals surface area contributed by atoms with Crippen molar-refractivity contribution >= 4 is 5.82 Å². The zero-order valence-corrected chi connectivity index (χ0v) is 15.5. The molecule has 0 spiro atoms. The molecular weight excluding hydrogens is 328 g/mol. The molecule has 7 heteroatoms. The SMILES string of the molecule is CC(CN(C)c1nc(-c2cccnc2)nc2c1CNC2)N1CCOCC1. The van der Waals surface area contributed by atoms with Crippen molar-refractivity contribution in [2.45, 2.75) is 26.1 Å². The number of pyridine rings is 1. The lowest BCUT2D eigenvalue weighted by molar-refractivity contribution is 0.0217. The molecule has 2 aliphatic heterocycles. The van der Waals surface area contributed by atoms with Crippen molar-refractivity contribution in [3.8, 4) is 11.4 Å². The number of rotatable bonds is 5. The smallest absolute Gasteiger partial charge is 0.163 e. The molecule has 0 bridgehead atoms. The van der Waals surface area contributed by atoms with E-state index in [1.165, 1.54) is 5.56 Å². The molecule has 7 nitrogen and oxygen atoms in total. The van der Waals surface area contributed by atoms with Crippen molar-refractivity contribution in [1.29, 1.82) is 0 Å². The van der Waals surface area contributed by atoms with Crippen LogP contribution in [0.2, 0.25) is 0 Å². The number of likely N-dealkylation sites (N-methyl/N-ethyl adjacent to an activating group) is 1. The first-order valence-corrected chi connectivity index (χ1v) is 9.26. The monoisotopic (exact) mass is 354 g/mol. The minimum atomic E-state index is 0.450. The second kappa shape index (κ2) is 7.65. The summed E-state index contributed by atoms with van der Waals surface area (Å²) in [6.45, 7) is 8.48. The quantitative estimate of drug-likeness (QED) is 0.868. The van der Waals surface area contributed by atoms with Gasteiger partial charge in [-0.15, -0.1) is 0 Å². The van der Waals surface area contributed by atoms with Crippen molar-refractivity contribution in [2.24, 2.45) is 0 Å². The van der Waals surface area contributed by atoms with Crippen LogP contribution >= 0.6 is 0 Å². The summed E-state index contributed by atoms with van der Waals surface area (Å²) < 4.78 is 5.47. The van der Waals surface area contributed by atoms with Crippen LogP contribution in [-0.2, 0) is 17.8 Å². The molecule has 1 saturated heterocycles. The highest BCUT2D eigenvalue weighted by Gasteiger charge is 2.24. The highest BCUT2D eigenvalue weighted by atomic mass is 16.5. The van der Waals surface area contributed by atoms with E-state index >= 15 is 0 Å². The predicted molar refractivity (Wildman–Crippen MR) is 101 cm³/mol. The van der Waals surface area contributed by atoms with Gasteiger partial charge in [0, 0.05) is 69.3 Å². The van der Waals surface area contributed by atoms with E-state index in [1.807, 2.05) is 18.3 Å². The summed E-state index contributed by atoms with van der Waals surface area (Å²) in [5.74, 6) is 1.78.